The summed E-state index contributed by atoms with van der Waals surface area (Å²) >= 11 is 3.44. The summed E-state index contributed by atoms with van der Waals surface area (Å²) in [6, 6.07) is 2.14. The molecule has 0 aromatic carbocycles. The predicted octanol–water partition coefficient (Wildman–Crippen LogP) is 3.38. The number of rotatable bonds is 5. The van der Waals surface area contributed by atoms with Crippen molar-refractivity contribution in [3.63, 3.8) is 0 Å². The van der Waals surface area contributed by atoms with Crippen LogP contribution in [0, 0.1) is 5.92 Å². The van der Waals surface area contributed by atoms with Crippen LogP contribution in [-0.4, -0.2) is 29.7 Å². The van der Waals surface area contributed by atoms with Crippen molar-refractivity contribution in [1.29, 1.82) is 0 Å². The fourth-order valence-corrected chi connectivity index (χ4v) is 3.18. The lowest BCUT2D eigenvalue weighted by atomic mass is 10.00. The highest BCUT2D eigenvalue weighted by molar-refractivity contribution is 9.10. The molecular weight excluding hydrogens is 320 g/mol. The van der Waals surface area contributed by atoms with Crippen molar-refractivity contribution in [2.45, 2.75) is 45.8 Å². The molecule has 2 atom stereocenters. The molecule has 0 spiro atoms. The van der Waals surface area contributed by atoms with Gasteiger partial charge in [0.15, 0.2) is 0 Å². The van der Waals surface area contributed by atoms with Gasteiger partial charge in [0, 0.05) is 35.8 Å². The van der Waals surface area contributed by atoms with Gasteiger partial charge in [-0.1, -0.05) is 6.92 Å². The largest absolute Gasteiger partial charge is 0.378 e. The molecule has 1 aromatic rings. The highest BCUT2D eigenvalue weighted by atomic mass is 79.9. The Labute approximate surface area is 129 Å². The summed E-state index contributed by atoms with van der Waals surface area (Å²) in [5.74, 6) is 0.431. The van der Waals surface area contributed by atoms with E-state index in [1.807, 2.05) is 16.8 Å². The molecule has 1 amide bonds. The molecule has 0 saturated carbocycles. The Kier molecular flexibility index (Phi) is 5.27. The van der Waals surface area contributed by atoms with E-state index in [1.54, 1.807) is 0 Å². The number of hydrogen-bond acceptors (Lipinski definition) is 2. The molecule has 1 saturated heterocycles. The van der Waals surface area contributed by atoms with E-state index >= 15 is 0 Å². The fourth-order valence-electron chi connectivity index (χ4n) is 2.75. The van der Waals surface area contributed by atoms with E-state index in [2.05, 4.69) is 42.0 Å². The van der Waals surface area contributed by atoms with Gasteiger partial charge in [-0.25, -0.2) is 0 Å². The number of carbonyl (C=O) groups excluding carboxylic acids is 1. The summed E-state index contributed by atoms with van der Waals surface area (Å²) in [5.41, 5.74) is 0.707. The molecule has 4 nitrogen and oxygen atoms in total. The zero-order valence-corrected chi connectivity index (χ0v) is 13.9. The molecule has 112 valence electrons. The predicted molar refractivity (Wildman–Crippen MR) is 83.0 cm³/mol. The van der Waals surface area contributed by atoms with Crippen LogP contribution in [0.1, 0.15) is 50.1 Å². The zero-order valence-electron chi connectivity index (χ0n) is 12.4. The van der Waals surface area contributed by atoms with E-state index in [0.29, 0.717) is 24.3 Å². The van der Waals surface area contributed by atoms with E-state index in [9.17, 15) is 4.79 Å². The number of carbonyl (C=O) groups is 1. The fraction of sp³-hybridized carbons (Fsp3) is 0.667. The molecular formula is C15H23BrN2O2. The van der Waals surface area contributed by atoms with Crippen molar-refractivity contribution in [3.05, 3.63) is 22.4 Å². The molecule has 0 radical (unpaired) electrons. The lowest BCUT2D eigenvalue weighted by Crippen LogP contribution is -2.33. The minimum atomic E-state index is -0.00819. The Morgan fingerprint density at radius 3 is 3.00 bits per heavy atom. The quantitative estimate of drug-likeness (QED) is 0.891. The number of amides is 1. The van der Waals surface area contributed by atoms with Gasteiger partial charge in [-0.3, -0.25) is 4.79 Å². The second kappa shape index (κ2) is 6.76. The van der Waals surface area contributed by atoms with Crippen molar-refractivity contribution in [2.75, 3.05) is 13.2 Å². The average molecular weight is 343 g/mol. The van der Waals surface area contributed by atoms with Crippen LogP contribution in [0.3, 0.4) is 0 Å². The van der Waals surface area contributed by atoms with Crippen LogP contribution >= 0.6 is 15.9 Å². The molecule has 1 fully saturated rings. The number of nitrogens with zero attached hydrogens (tertiary/aromatic N) is 1. The maximum atomic E-state index is 12.3. The molecule has 1 aliphatic heterocycles. The Balaban J connectivity index is 1.98. The van der Waals surface area contributed by atoms with Crippen LogP contribution in [0.15, 0.2) is 16.7 Å². The highest BCUT2D eigenvalue weighted by Crippen LogP contribution is 2.23. The van der Waals surface area contributed by atoms with E-state index in [4.69, 9.17) is 4.74 Å². The maximum absolute atomic E-state index is 12.3. The second-order valence-electron chi connectivity index (χ2n) is 5.62. The molecule has 0 bridgehead atoms. The van der Waals surface area contributed by atoms with Gasteiger partial charge in [0.2, 0.25) is 0 Å². The molecule has 0 aliphatic carbocycles. The van der Waals surface area contributed by atoms with E-state index in [0.717, 1.165) is 23.9 Å². The number of aromatic nitrogens is 1. The van der Waals surface area contributed by atoms with Crippen LogP contribution in [0.2, 0.25) is 0 Å². The van der Waals surface area contributed by atoms with Crippen molar-refractivity contribution >= 4 is 21.8 Å². The van der Waals surface area contributed by atoms with Gasteiger partial charge >= 0.3 is 0 Å². The molecule has 2 rings (SSSR count). The average Bonchev–Trinajstić information content (AvgIpc) is 3.01. The first-order valence-electron chi connectivity index (χ1n) is 7.30. The molecule has 1 aromatic heterocycles. The second-order valence-corrected chi connectivity index (χ2v) is 6.54. The number of ether oxygens (including phenoxy) is 1. The SMILES string of the molecule is CCC1OCCC1CNC(=O)c1cc(Br)cn1C(C)C. The Morgan fingerprint density at radius 2 is 2.35 bits per heavy atom. The summed E-state index contributed by atoms with van der Waals surface area (Å²) in [6.07, 6.45) is 4.29. The van der Waals surface area contributed by atoms with Crippen LogP contribution in [0.5, 0.6) is 0 Å². The first-order valence-corrected chi connectivity index (χ1v) is 8.09. The summed E-state index contributed by atoms with van der Waals surface area (Å²) < 4.78 is 8.58. The third-order valence-electron chi connectivity index (χ3n) is 3.88. The van der Waals surface area contributed by atoms with E-state index in [-0.39, 0.29) is 11.9 Å². The van der Waals surface area contributed by atoms with Gasteiger partial charge in [-0.15, -0.1) is 0 Å². The monoisotopic (exact) mass is 342 g/mol. The molecule has 1 aliphatic rings. The molecule has 5 heteroatoms. The number of hydrogen-bond donors (Lipinski definition) is 1. The van der Waals surface area contributed by atoms with Crippen LogP contribution < -0.4 is 5.32 Å². The smallest absolute Gasteiger partial charge is 0.267 e. The van der Waals surface area contributed by atoms with Crippen LogP contribution in [0.4, 0.5) is 0 Å². The minimum absolute atomic E-state index is 0.00819. The summed E-state index contributed by atoms with van der Waals surface area (Å²) in [5, 5.41) is 3.05. The third kappa shape index (κ3) is 3.44. The van der Waals surface area contributed by atoms with Gasteiger partial charge in [-0.2, -0.15) is 0 Å². The lowest BCUT2D eigenvalue weighted by molar-refractivity contribution is 0.0823. The van der Waals surface area contributed by atoms with Crippen molar-refractivity contribution < 1.29 is 9.53 Å². The van der Waals surface area contributed by atoms with E-state index < -0.39 is 0 Å². The molecule has 2 unspecified atom stereocenters. The van der Waals surface area contributed by atoms with Crippen molar-refractivity contribution in [3.8, 4) is 0 Å². The van der Waals surface area contributed by atoms with Crippen LogP contribution in [0.25, 0.3) is 0 Å². The van der Waals surface area contributed by atoms with Crippen molar-refractivity contribution in [2.24, 2.45) is 5.92 Å². The van der Waals surface area contributed by atoms with E-state index in [1.165, 1.54) is 0 Å². The maximum Gasteiger partial charge on any atom is 0.267 e. The van der Waals surface area contributed by atoms with Gasteiger partial charge in [0.25, 0.3) is 5.91 Å². The van der Waals surface area contributed by atoms with Crippen molar-refractivity contribution in [1.82, 2.24) is 9.88 Å². The standard InChI is InChI=1S/C15H23BrN2O2/c1-4-14-11(5-6-20-14)8-17-15(19)13-7-12(16)9-18(13)10(2)3/h7,9-11,14H,4-6,8H2,1-3H3,(H,17,19). The van der Waals surface area contributed by atoms with Gasteiger partial charge < -0.3 is 14.6 Å². The summed E-state index contributed by atoms with van der Waals surface area (Å²) in [6.45, 7) is 7.78. The lowest BCUT2D eigenvalue weighted by Gasteiger charge is -2.18. The third-order valence-corrected chi connectivity index (χ3v) is 4.31. The minimum Gasteiger partial charge on any atom is -0.378 e. The summed E-state index contributed by atoms with van der Waals surface area (Å²) in [4.78, 5) is 12.3. The first kappa shape index (κ1) is 15.6. The molecule has 2 heterocycles. The Morgan fingerprint density at radius 1 is 1.60 bits per heavy atom. The number of nitrogens with one attached hydrogen (secondary N) is 1. The number of halogens is 1. The van der Waals surface area contributed by atoms with Gasteiger partial charge in [0.05, 0.1) is 6.10 Å². The zero-order chi connectivity index (χ0) is 14.7. The van der Waals surface area contributed by atoms with Gasteiger partial charge in [-0.05, 0) is 48.7 Å². The Hall–Kier alpha value is -0.810. The normalized spacial score (nSPS) is 22.4. The Bertz CT molecular complexity index is 470. The van der Waals surface area contributed by atoms with Gasteiger partial charge in [0.1, 0.15) is 5.69 Å². The first-order chi connectivity index (χ1) is 9.52. The topological polar surface area (TPSA) is 43.3 Å². The molecule has 20 heavy (non-hydrogen) atoms. The van der Waals surface area contributed by atoms with Crippen LogP contribution in [-0.2, 0) is 4.74 Å². The summed E-state index contributed by atoms with van der Waals surface area (Å²) in [7, 11) is 0. The molecule has 1 N–H and O–H groups in total. The highest BCUT2D eigenvalue weighted by Gasteiger charge is 2.27.